The minimum atomic E-state index is -0.810. The SMILES string of the molecule is CCOC(=O)C1CCN(C2CCN(CCOCCC(=O)N3CCN(c4ncc(CN(C(=O)OC(C)(C)C)C(=O)OC(C)(C)C)cn4)CC3)CC2)CC1. The van der Waals surface area contributed by atoms with Crippen LogP contribution in [0.1, 0.15) is 86.1 Å². The molecule has 3 fully saturated rings. The van der Waals surface area contributed by atoms with Crippen molar-refractivity contribution in [1.29, 1.82) is 0 Å². The molecule has 0 bridgehead atoms. The van der Waals surface area contributed by atoms with Crippen molar-refractivity contribution in [2.24, 2.45) is 5.92 Å². The van der Waals surface area contributed by atoms with E-state index in [9.17, 15) is 19.2 Å². The molecule has 0 atom stereocenters. The van der Waals surface area contributed by atoms with Crippen molar-refractivity contribution in [2.45, 2.75) is 104 Å². The molecular weight excluding hydrogens is 670 g/mol. The Kier molecular flexibility index (Phi) is 15.0. The van der Waals surface area contributed by atoms with Gasteiger partial charge in [-0.25, -0.2) is 24.5 Å². The number of carbonyl (C=O) groups excluding carboxylic acids is 4. The molecule has 3 saturated heterocycles. The van der Waals surface area contributed by atoms with Crippen LogP contribution >= 0.6 is 0 Å². The summed E-state index contributed by atoms with van der Waals surface area (Å²) in [4.78, 5) is 69.4. The zero-order chi connectivity index (χ0) is 37.9. The van der Waals surface area contributed by atoms with Gasteiger partial charge in [0.05, 0.1) is 38.7 Å². The van der Waals surface area contributed by atoms with Crippen molar-refractivity contribution >= 4 is 30.0 Å². The Morgan fingerprint density at radius 1 is 0.788 bits per heavy atom. The van der Waals surface area contributed by atoms with Crippen LogP contribution in [-0.2, 0) is 35.1 Å². The lowest BCUT2D eigenvalue weighted by molar-refractivity contribution is -0.150. The smallest absolute Gasteiger partial charge is 0.420 e. The van der Waals surface area contributed by atoms with Gasteiger partial charge in [-0.3, -0.25) is 9.59 Å². The lowest BCUT2D eigenvalue weighted by Crippen LogP contribution is -2.49. The number of nitrogens with zero attached hydrogens (tertiary/aromatic N) is 7. The maximum Gasteiger partial charge on any atom is 0.420 e. The Hall–Kier alpha value is -3.56. The molecule has 0 unspecified atom stereocenters. The summed E-state index contributed by atoms with van der Waals surface area (Å²) in [5.74, 6) is 0.606. The van der Waals surface area contributed by atoms with E-state index in [1.165, 1.54) is 0 Å². The normalized spacial score (nSPS) is 18.6. The van der Waals surface area contributed by atoms with Gasteiger partial charge in [0.15, 0.2) is 0 Å². The van der Waals surface area contributed by atoms with E-state index in [0.717, 1.165) is 63.3 Å². The highest BCUT2D eigenvalue weighted by Crippen LogP contribution is 2.25. The highest BCUT2D eigenvalue weighted by atomic mass is 16.6. The average Bonchev–Trinajstić information content (AvgIpc) is 3.09. The highest BCUT2D eigenvalue weighted by molar-refractivity contribution is 5.88. The van der Waals surface area contributed by atoms with Gasteiger partial charge in [-0.1, -0.05) is 0 Å². The van der Waals surface area contributed by atoms with E-state index >= 15 is 0 Å². The fourth-order valence-electron chi connectivity index (χ4n) is 6.65. The summed E-state index contributed by atoms with van der Waals surface area (Å²) >= 11 is 0. The van der Waals surface area contributed by atoms with Gasteiger partial charge in [0.2, 0.25) is 11.9 Å². The number of piperidine rings is 2. The zero-order valence-electron chi connectivity index (χ0n) is 32.4. The molecule has 0 radical (unpaired) electrons. The van der Waals surface area contributed by atoms with Gasteiger partial charge in [0.25, 0.3) is 0 Å². The van der Waals surface area contributed by atoms with Crippen LogP contribution in [0.2, 0.25) is 0 Å². The Bertz CT molecular complexity index is 1280. The van der Waals surface area contributed by atoms with E-state index in [2.05, 4.69) is 19.8 Å². The summed E-state index contributed by atoms with van der Waals surface area (Å²) < 4.78 is 21.9. The molecule has 3 aliphatic heterocycles. The quantitative estimate of drug-likeness (QED) is 0.174. The molecule has 1 aromatic heterocycles. The molecule has 52 heavy (non-hydrogen) atoms. The minimum Gasteiger partial charge on any atom is -0.466 e. The molecule has 0 aromatic carbocycles. The summed E-state index contributed by atoms with van der Waals surface area (Å²) in [5.41, 5.74) is -1.04. The second-order valence-corrected chi connectivity index (χ2v) is 15.8. The highest BCUT2D eigenvalue weighted by Gasteiger charge is 2.33. The first-order valence-electron chi connectivity index (χ1n) is 18.9. The van der Waals surface area contributed by atoms with Crippen molar-refractivity contribution in [2.75, 3.05) is 83.6 Å². The number of esters is 1. The van der Waals surface area contributed by atoms with Crippen molar-refractivity contribution < 1.29 is 38.1 Å². The number of hydrogen-bond donors (Lipinski definition) is 0. The van der Waals surface area contributed by atoms with Crippen LogP contribution in [0.5, 0.6) is 0 Å². The van der Waals surface area contributed by atoms with Gasteiger partial charge in [0, 0.05) is 56.7 Å². The van der Waals surface area contributed by atoms with Gasteiger partial charge in [-0.15, -0.1) is 0 Å². The molecule has 3 amide bonds. The third-order valence-electron chi connectivity index (χ3n) is 9.41. The van der Waals surface area contributed by atoms with Crippen LogP contribution in [0.3, 0.4) is 0 Å². The van der Waals surface area contributed by atoms with Crippen molar-refractivity contribution in [1.82, 2.24) is 29.6 Å². The van der Waals surface area contributed by atoms with E-state index in [0.29, 0.717) is 70.0 Å². The molecule has 292 valence electrons. The molecule has 4 rings (SSSR count). The number of carbonyl (C=O) groups is 4. The average molecular weight is 732 g/mol. The van der Waals surface area contributed by atoms with Crippen molar-refractivity contribution in [3.8, 4) is 0 Å². The second kappa shape index (κ2) is 19.0. The van der Waals surface area contributed by atoms with Gasteiger partial charge in [-0.05, 0) is 100 Å². The monoisotopic (exact) mass is 731 g/mol. The van der Waals surface area contributed by atoms with E-state index in [4.69, 9.17) is 18.9 Å². The van der Waals surface area contributed by atoms with E-state index < -0.39 is 23.4 Å². The number of piperazine rings is 1. The summed E-state index contributed by atoms with van der Waals surface area (Å²) in [6.07, 6.45) is 5.93. The van der Waals surface area contributed by atoms with Crippen LogP contribution < -0.4 is 4.90 Å². The molecule has 15 heteroatoms. The molecule has 4 heterocycles. The molecule has 3 aliphatic rings. The molecular formula is C37H61N7O8. The summed E-state index contributed by atoms with van der Waals surface area (Å²) in [6.45, 7) is 20.8. The lowest BCUT2D eigenvalue weighted by Gasteiger charge is -2.41. The Balaban J connectivity index is 1.11. The molecule has 0 aliphatic carbocycles. The number of imide groups is 1. The fraction of sp³-hybridized carbons (Fsp3) is 0.784. The van der Waals surface area contributed by atoms with Gasteiger partial charge < -0.3 is 38.5 Å². The molecule has 0 spiro atoms. The topological polar surface area (TPSA) is 147 Å². The van der Waals surface area contributed by atoms with Gasteiger partial charge in [0.1, 0.15) is 11.2 Å². The standard InChI is InChI=1S/C37H61N7O8/c1-8-50-32(46)29-9-16-41(17-10-29)30-11-14-40(15-12-30)22-24-49-23-13-31(45)42-18-20-43(21-19-42)33-38-25-28(26-39-33)27-44(34(47)51-36(2,3)4)35(48)52-37(5,6)7/h25-26,29-30H,8-24,27H2,1-7H3. The Labute approximate surface area is 309 Å². The number of hydrogen-bond acceptors (Lipinski definition) is 13. The minimum absolute atomic E-state index is 0.0397. The number of anilines is 1. The van der Waals surface area contributed by atoms with Gasteiger partial charge >= 0.3 is 18.2 Å². The number of rotatable bonds is 12. The predicted octanol–water partition coefficient (Wildman–Crippen LogP) is 3.94. The van der Waals surface area contributed by atoms with Crippen molar-refractivity contribution in [3.05, 3.63) is 18.0 Å². The second-order valence-electron chi connectivity index (χ2n) is 15.8. The molecule has 0 N–H and O–H groups in total. The Morgan fingerprint density at radius 2 is 1.37 bits per heavy atom. The van der Waals surface area contributed by atoms with Crippen LogP contribution in [0.15, 0.2) is 12.4 Å². The first kappa shape index (κ1) is 41.2. The van der Waals surface area contributed by atoms with E-state index in [-0.39, 0.29) is 24.3 Å². The molecule has 15 nitrogen and oxygen atoms in total. The number of aromatic nitrogens is 2. The summed E-state index contributed by atoms with van der Waals surface area (Å²) in [6, 6.07) is 0.580. The van der Waals surface area contributed by atoms with Crippen LogP contribution in [0.25, 0.3) is 0 Å². The molecule has 1 aromatic rings. The third kappa shape index (κ3) is 13.1. The van der Waals surface area contributed by atoms with Crippen LogP contribution in [-0.4, -0.2) is 150 Å². The first-order chi connectivity index (χ1) is 24.6. The largest absolute Gasteiger partial charge is 0.466 e. The van der Waals surface area contributed by atoms with E-state index in [1.54, 1.807) is 53.9 Å². The maximum atomic E-state index is 12.9. The summed E-state index contributed by atoms with van der Waals surface area (Å²) in [5, 5.41) is 0. The summed E-state index contributed by atoms with van der Waals surface area (Å²) in [7, 11) is 0. The van der Waals surface area contributed by atoms with Crippen LogP contribution in [0.4, 0.5) is 15.5 Å². The molecule has 0 saturated carbocycles. The predicted molar refractivity (Wildman–Crippen MR) is 195 cm³/mol. The first-order valence-corrected chi connectivity index (χ1v) is 18.9. The third-order valence-corrected chi connectivity index (χ3v) is 9.41. The van der Waals surface area contributed by atoms with Crippen molar-refractivity contribution in [3.63, 3.8) is 0 Å². The Morgan fingerprint density at radius 3 is 1.90 bits per heavy atom. The zero-order valence-corrected chi connectivity index (χ0v) is 32.4. The number of amides is 3. The van der Waals surface area contributed by atoms with Gasteiger partial charge in [-0.2, -0.15) is 0 Å². The maximum absolute atomic E-state index is 12.9. The fourth-order valence-corrected chi connectivity index (χ4v) is 6.65. The van der Waals surface area contributed by atoms with Crippen LogP contribution in [0, 0.1) is 5.92 Å². The van der Waals surface area contributed by atoms with E-state index in [1.807, 2.05) is 16.7 Å². The number of likely N-dealkylation sites (tertiary alicyclic amines) is 2. The lowest BCUT2D eigenvalue weighted by atomic mass is 9.93. The number of ether oxygens (including phenoxy) is 4.